The van der Waals surface area contributed by atoms with E-state index in [0.29, 0.717) is 23.7 Å². The van der Waals surface area contributed by atoms with E-state index in [9.17, 15) is 13.2 Å². The van der Waals surface area contributed by atoms with Crippen LogP contribution in [-0.2, 0) is 14.8 Å². The second-order valence-corrected chi connectivity index (χ2v) is 8.95. The number of nitrogens with zero attached hydrogens (tertiary/aromatic N) is 1. The highest BCUT2D eigenvalue weighted by Gasteiger charge is 2.23. The van der Waals surface area contributed by atoms with Crippen LogP contribution in [0.4, 0.5) is 11.4 Å². The Morgan fingerprint density at radius 1 is 0.903 bits per heavy atom. The molecule has 0 aliphatic heterocycles. The number of sulfonamides is 1. The van der Waals surface area contributed by atoms with E-state index in [-0.39, 0.29) is 17.4 Å². The van der Waals surface area contributed by atoms with Crippen LogP contribution in [0, 0.1) is 13.8 Å². The van der Waals surface area contributed by atoms with E-state index >= 15 is 0 Å². The van der Waals surface area contributed by atoms with Gasteiger partial charge in [-0.15, -0.1) is 0 Å². The van der Waals surface area contributed by atoms with Gasteiger partial charge in [0.05, 0.1) is 10.6 Å². The van der Waals surface area contributed by atoms with Gasteiger partial charge in [0.25, 0.3) is 15.9 Å². The van der Waals surface area contributed by atoms with Gasteiger partial charge in [-0.25, -0.2) is 8.42 Å². The molecule has 1 N–H and O–H groups in total. The van der Waals surface area contributed by atoms with Gasteiger partial charge in [-0.2, -0.15) is 0 Å². The van der Waals surface area contributed by atoms with Crippen molar-refractivity contribution in [3.05, 3.63) is 83.9 Å². The Bertz CT molecular complexity index is 1120. The molecular weight excluding hydrogens is 412 g/mol. The van der Waals surface area contributed by atoms with Gasteiger partial charge in [0.15, 0.2) is 6.61 Å². The summed E-state index contributed by atoms with van der Waals surface area (Å²) in [6, 6.07) is 20.9. The first-order chi connectivity index (χ1) is 14.8. The maximum absolute atomic E-state index is 13.0. The van der Waals surface area contributed by atoms with E-state index in [1.54, 1.807) is 43.3 Å². The van der Waals surface area contributed by atoms with Crippen LogP contribution in [0.15, 0.2) is 77.7 Å². The Balaban J connectivity index is 1.67. The van der Waals surface area contributed by atoms with Crippen LogP contribution in [0.25, 0.3) is 0 Å². The second-order valence-electron chi connectivity index (χ2n) is 7.09. The molecule has 0 spiro atoms. The number of hydrogen-bond acceptors (Lipinski definition) is 4. The molecule has 0 aliphatic rings. The molecule has 0 heterocycles. The number of aryl methyl sites for hydroxylation is 2. The normalized spacial score (nSPS) is 11.1. The third-order valence-corrected chi connectivity index (χ3v) is 6.73. The number of hydrogen-bond donors (Lipinski definition) is 1. The summed E-state index contributed by atoms with van der Waals surface area (Å²) in [6.45, 7) is 5.81. The van der Waals surface area contributed by atoms with E-state index in [4.69, 9.17) is 4.74 Å². The molecule has 0 bridgehead atoms. The van der Waals surface area contributed by atoms with Gasteiger partial charge in [0.2, 0.25) is 0 Å². The van der Waals surface area contributed by atoms with E-state index in [1.807, 2.05) is 38.1 Å². The quantitative estimate of drug-likeness (QED) is 0.560. The van der Waals surface area contributed by atoms with E-state index in [1.165, 1.54) is 16.4 Å². The second kappa shape index (κ2) is 9.66. The number of nitrogens with one attached hydrogen (secondary N) is 1. The smallest absolute Gasteiger partial charge is 0.264 e. The van der Waals surface area contributed by atoms with Crippen LogP contribution in [-0.4, -0.2) is 27.5 Å². The Morgan fingerprint density at radius 2 is 1.52 bits per heavy atom. The Labute approximate surface area is 183 Å². The summed E-state index contributed by atoms with van der Waals surface area (Å²) in [5, 5.41) is 2.73. The highest BCUT2D eigenvalue weighted by Crippen LogP contribution is 2.25. The molecular formula is C24H26N2O4S. The van der Waals surface area contributed by atoms with Crippen LogP contribution >= 0.6 is 0 Å². The van der Waals surface area contributed by atoms with E-state index in [2.05, 4.69) is 5.32 Å². The van der Waals surface area contributed by atoms with Crippen molar-refractivity contribution in [2.45, 2.75) is 25.7 Å². The van der Waals surface area contributed by atoms with Crippen LogP contribution in [0.5, 0.6) is 5.75 Å². The van der Waals surface area contributed by atoms with Gasteiger partial charge >= 0.3 is 0 Å². The topological polar surface area (TPSA) is 75.7 Å². The average molecular weight is 439 g/mol. The van der Waals surface area contributed by atoms with Crippen LogP contribution in [0.1, 0.15) is 18.1 Å². The minimum atomic E-state index is -3.71. The lowest BCUT2D eigenvalue weighted by Gasteiger charge is -2.23. The maximum Gasteiger partial charge on any atom is 0.264 e. The SMILES string of the molecule is CCN(c1ccccc1)S(=O)(=O)c1ccc(NC(=O)COc2c(C)cccc2C)cc1. The highest BCUT2D eigenvalue weighted by atomic mass is 32.2. The highest BCUT2D eigenvalue weighted by molar-refractivity contribution is 7.92. The minimum Gasteiger partial charge on any atom is -0.483 e. The Morgan fingerprint density at radius 3 is 2.10 bits per heavy atom. The average Bonchev–Trinajstić information content (AvgIpc) is 2.75. The minimum absolute atomic E-state index is 0.136. The predicted molar refractivity (Wildman–Crippen MR) is 123 cm³/mol. The van der Waals surface area contributed by atoms with Crippen LogP contribution in [0.2, 0.25) is 0 Å². The van der Waals surface area contributed by atoms with Crippen molar-refractivity contribution in [1.29, 1.82) is 0 Å². The fourth-order valence-electron chi connectivity index (χ4n) is 3.28. The first-order valence-corrected chi connectivity index (χ1v) is 11.4. The van der Waals surface area contributed by atoms with Crippen LogP contribution in [0.3, 0.4) is 0 Å². The van der Waals surface area contributed by atoms with Crippen molar-refractivity contribution in [3.63, 3.8) is 0 Å². The molecule has 0 saturated carbocycles. The molecule has 0 radical (unpaired) electrons. The predicted octanol–water partition coefficient (Wildman–Crippen LogP) is 4.54. The third kappa shape index (κ3) is 5.24. The van der Waals surface area contributed by atoms with Gasteiger partial charge in [-0.3, -0.25) is 9.10 Å². The lowest BCUT2D eigenvalue weighted by molar-refractivity contribution is -0.118. The number of carbonyl (C=O) groups is 1. The zero-order valence-corrected chi connectivity index (χ0v) is 18.6. The van der Waals surface area contributed by atoms with Gasteiger partial charge < -0.3 is 10.1 Å². The van der Waals surface area contributed by atoms with Gasteiger partial charge in [0.1, 0.15) is 5.75 Å². The fraction of sp³-hybridized carbons (Fsp3) is 0.208. The number of benzene rings is 3. The number of ether oxygens (including phenoxy) is 1. The van der Waals surface area contributed by atoms with E-state index < -0.39 is 10.0 Å². The summed E-state index contributed by atoms with van der Waals surface area (Å²) in [5.74, 6) is 0.373. The molecule has 3 rings (SSSR count). The molecule has 3 aromatic carbocycles. The van der Waals surface area contributed by atoms with Crippen molar-refractivity contribution in [2.75, 3.05) is 22.8 Å². The number of anilines is 2. The third-order valence-electron chi connectivity index (χ3n) is 4.81. The molecule has 0 atom stereocenters. The molecule has 6 nitrogen and oxygen atoms in total. The molecule has 1 amide bonds. The summed E-state index contributed by atoms with van der Waals surface area (Å²) < 4.78 is 33.1. The number of para-hydroxylation sites is 2. The molecule has 0 aromatic heterocycles. The fourth-order valence-corrected chi connectivity index (χ4v) is 4.76. The summed E-state index contributed by atoms with van der Waals surface area (Å²) in [5.41, 5.74) is 3.02. The zero-order valence-electron chi connectivity index (χ0n) is 17.8. The maximum atomic E-state index is 13.0. The number of carbonyl (C=O) groups excluding carboxylic acids is 1. The molecule has 0 aliphatic carbocycles. The molecule has 0 fully saturated rings. The molecule has 3 aromatic rings. The van der Waals surface area contributed by atoms with Gasteiger partial charge in [0, 0.05) is 12.2 Å². The Kier molecular flexibility index (Phi) is 6.97. The monoisotopic (exact) mass is 438 g/mol. The Hall–Kier alpha value is -3.32. The zero-order chi connectivity index (χ0) is 22.4. The summed E-state index contributed by atoms with van der Waals surface area (Å²) in [7, 11) is -3.71. The van der Waals surface area contributed by atoms with Crippen molar-refractivity contribution in [2.24, 2.45) is 0 Å². The van der Waals surface area contributed by atoms with Gasteiger partial charge in [-0.1, -0.05) is 36.4 Å². The van der Waals surface area contributed by atoms with Crippen molar-refractivity contribution < 1.29 is 17.9 Å². The largest absolute Gasteiger partial charge is 0.483 e. The first-order valence-electron chi connectivity index (χ1n) is 9.99. The lowest BCUT2D eigenvalue weighted by atomic mass is 10.1. The summed E-state index contributed by atoms with van der Waals surface area (Å²) in [4.78, 5) is 12.4. The molecule has 0 saturated heterocycles. The molecule has 31 heavy (non-hydrogen) atoms. The number of amides is 1. The van der Waals surface area contributed by atoms with E-state index in [0.717, 1.165) is 11.1 Å². The lowest BCUT2D eigenvalue weighted by Crippen LogP contribution is -2.30. The van der Waals surface area contributed by atoms with Crippen molar-refractivity contribution in [3.8, 4) is 5.75 Å². The van der Waals surface area contributed by atoms with Crippen molar-refractivity contribution in [1.82, 2.24) is 0 Å². The summed E-state index contributed by atoms with van der Waals surface area (Å²) >= 11 is 0. The number of rotatable bonds is 8. The first kappa shape index (κ1) is 22.4. The summed E-state index contributed by atoms with van der Waals surface area (Å²) in [6.07, 6.45) is 0. The standard InChI is InChI=1S/C24H26N2O4S/c1-4-26(21-11-6-5-7-12-21)31(28,29)22-15-13-20(14-16-22)25-23(27)17-30-24-18(2)9-8-10-19(24)3/h5-16H,4,17H2,1-3H3,(H,25,27). The molecule has 162 valence electrons. The molecule has 0 unspecified atom stereocenters. The van der Waals surface area contributed by atoms with Gasteiger partial charge in [-0.05, 0) is 68.3 Å². The molecule has 7 heteroatoms. The van der Waals surface area contributed by atoms with Crippen LogP contribution < -0.4 is 14.4 Å². The van der Waals surface area contributed by atoms with Crippen molar-refractivity contribution >= 4 is 27.3 Å².